The van der Waals surface area contributed by atoms with Gasteiger partial charge < -0.3 is 14.6 Å². The van der Waals surface area contributed by atoms with Crippen LogP contribution >= 0.6 is 67.5 Å². The van der Waals surface area contributed by atoms with E-state index in [0.29, 0.717) is 11.4 Å². The van der Waals surface area contributed by atoms with Crippen LogP contribution in [0.2, 0.25) is 0 Å². The van der Waals surface area contributed by atoms with Crippen molar-refractivity contribution < 1.29 is 9.26 Å². The number of rotatable bonds is 15. The molecule has 0 radical (unpaired) electrons. The van der Waals surface area contributed by atoms with E-state index in [1.807, 2.05) is 73.7 Å². The molecule has 0 bridgehead atoms. The number of ether oxygens (including phenoxy) is 1. The van der Waals surface area contributed by atoms with E-state index in [9.17, 15) is 0 Å². The van der Waals surface area contributed by atoms with Gasteiger partial charge in [0.05, 0.1) is 9.88 Å². The lowest BCUT2D eigenvalue weighted by molar-refractivity contribution is 0.275. The number of hydrogen-bond acceptors (Lipinski definition) is 9. The summed E-state index contributed by atoms with van der Waals surface area (Å²) in [6.45, 7) is 8.31. The van der Waals surface area contributed by atoms with E-state index in [2.05, 4.69) is 56.4 Å². The highest BCUT2D eigenvalue weighted by Crippen LogP contribution is 2.72. The fourth-order valence-electron chi connectivity index (χ4n) is 3.80. The quantitative estimate of drug-likeness (QED) is 0.0720. The van der Waals surface area contributed by atoms with Gasteiger partial charge in [-0.1, -0.05) is 96.4 Å². The lowest BCUT2D eigenvalue weighted by Crippen LogP contribution is -2.35. The summed E-state index contributed by atoms with van der Waals surface area (Å²) < 4.78 is 10.6. The Labute approximate surface area is 294 Å². The van der Waals surface area contributed by atoms with Crippen LogP contribution in [0, 0.1) is 27.7 Å². The average Bonchev–Trinajstić information content (AvgIpc) is 2.98. The fraction of sp³-hybridized carbons (Fsp3) is 0.219. The molecular weight excluding hydrogens is 717 g/mol. The molecule has 0 saturated heterocycles. The smallest absolute Gasteiger partial charge is 0.328 e. The van der Waals surface area contributed by atoms with E-state index in [1.54, 1.807) is 45.5 Å². The summed E-state index contributed by atoms with van der Waals surface area (Å²) in [7, 11) is 0. The van der Waals surface area contributed by atoms with Crippen molar-refractivity contribution in [1.82, 2.24) is 5.32 Å². The molecule has 0 heterocycles. The monoisotopic (exact) mass is 750 g/mol. The zero-order chi connectivity index (χ0) is 31.5. The van der Waals surface area contributed by atoms with Crippen molar-refractivity contribution >= 4 is 96.1 Å². The molecule has 12 heteroatoms. The summed E-state index contributed by atoms with van der Waals surface area (Å²) in [5.74, 6) is 2.36. The second kappa shape index (κ2) is 17.7. The third kappa shape index (κ3) is 11.3. The molecule has 0 saturated carbocycles. The van der Waals surface area contributed by atoms with Gasteiger partial charge in [-0.15, -0.1) is 0 Å². The predicted octanol–water partition coefficient (Wildman–Crippen LogP) is 12.0. The third-order valence-electron chi connectivity index (χ3n) is 6.24. The third-order valence-corrected chi connectivity index (χ3v) is 21.6. The molecule has 0 aliphatic carbocycles. The van der Waals surface area contributed by atoms with Crippen LogP contribution in [0.3, 0.4) is 0 Å². The Morgan fingerprint density at radius 3 is 1.89 bits per heavy atom. The largest absolute Gasteiger partial charge is 0.457 e. The van der Waals surface area contributed by atoms with Gasteiger partial charge in [-0.3, -0.25) is 0 Å². The van der Waals surface area contributed by atoms with Crippen molar-refractivity contribution in [3.8, 4) is 11.5 Å². The van der Waals surface area contributed by atoms with Crippen molar-refractivity contribution in [3.05, 3.63) is 119 Å². The van der Waals surface area contributed by atoms with Crippen LogP contribution in [-0.4, -0.2) is 16.3 Å². The Kier molecular flexibility index (Phi) is 14.4. The second-order valence-corrected chi connectivity index (χ2v) is 28.9. The van der Waals surface area contributed by atoms with E-state index < -0.39 is 15.3 Å². The highest BCUT2D eigenvalue weighted by Gasteiger charge is 2.28. The van der Waals surface area contributed by atoms with Gasteiger partial charge in [0.25, 0.3) is 5.56 Å². The lowest BCUT2D eigenvalue weighted by Gasteiger charge is -2.24. The maximum absolute atomic E-state index is 6.61. The molecular formula is C32H34NO2P2S7+. The van der Waals surface area contributed by atoms with Crippen LogP contribution in [-0.2, 0) is 23.6 Å². The van der Waals surface area contributed by atoms with Crippen LogP contribution in [0.1, 0.15) is 28.7 Å². The van der Waals surface area contributed by atoms with Crippen molar-refractivity contribution in [3.63, 3.8) is 0 Å². The van der Waals surface area contributed by atoms with E-state index in [4.69, 9.17) is 45.1 Å². The molecule has 230 valence electrons. The topological polar surface area (TPSA) is 30.5 Å². The number of para-hydroxylation sites is 2. The van der Waals surface area contributed by atoms with Gasteiger partial charge in [0.15, 0.2) is 23.2 Å². The Morgan fingerprint density at radius 2 is 1.30 bits per heavy atom. The number of hydrogen-bond donors (Lipinski definition) is 1. The molecule has 3 atom stereocenters. The van der Waals surface area contributed by atoms with Crippen LogP contribution < -0.4 is 14.6 Å². The van der Waals surface area contributed by atoms with Crippen molar-refractivity contribution in [1.29, 1.82) is 0 Å². The molecule has 0 aliphatic heterocycles. The minimum atomic E-state index is -2.41. The van der Waals surface area contributed by atoms with Crippen LogP contribution in [0.25, 0.3) is 0 Å². The first-order valence-corrected chi connectivity index (χ1v) is 25.2. The average molecular weight is 751 g/mol. The molecule has 0 fully saturated rings. The highest BCUT2D eigenvalue weighted by atomic mass is 33.2. The maximum atomic E-state index is 6.61. The Hall–Kier alpha value is -1.06. The number of aryl methyl sites for hydroxylation is 4. The first-order valence-electron chi connectivity index (χ1n) is 13.8. The summed E-state index contributed by atoms with van der Waals surface area (Å²) >= 11 is 24.7. The van der Waals surface area contributed by atoms with E-state index in [0.717, 1.165) is 33.3 Å². The van der Waals surface area contributed by atoms with Gasteiger partial charge in [0.2, 0.25) is 4.67 Å². The zero-order valence-electron chi connectivity index (χ0n) is 24.8. The van der Waals surface area contributed by atoms with Gasteiger partial charge >= 0.3 is 5.10 Å². The summed E-state index contributed by atoms with van der Waals surface area (Å²) in [5.41, 5.74) is 4.13. The zero-order valence-corrected chi connectivity index (χ0v) is 32.3. The van der Waals surface area contributed by atoms with Crippen molar-refractivity contribution in [2.45, 2.75) is 49.5 Å². The van der Waals surface area contributed by atoms with Crippen LogP contribution in [0.4, 0.5) is 0 Å². The summed E-state index contributed by atoms with van der Waals surface area (Å²) in [4.78, 5) is 3.05. The minimum absolute atomic E-state index is 0.415. The van der Waals surface area contributed by atoms with Crippen LogP contribution in [0.15, 0.2) is 107 Å². The molecule has 4 aromatic rings. The van der Waals surface area contributed by atoms with E-state index in [-0.39, 0.29) is 0 Å². The molecule has 44 heavy (non-hydrogen) atoms. The molecule has 0 aromatic heterocycles. The first kappa shape index (κ1) is 35.8. The molecule has 0 aliphatic rings. The van der Waals surface area contributed by atoms with Crippen LogP contribution in [0.5, 0.6) is 11.5 Å². The molecule has 0 amide bonds. The molecule has 3 nitrogen and oxygen atoms in total. The number of thiocarbonyl (C=S) groups is 1. The first-order chi connectivity index (χ1) is 21.1. The number of benzene rings is 4. The lowest BCUT2D eigenvalue weighted by atomic mass is 10.2. The SMILES string of the molecule is Cc1ccccc1OC(NC(=S)CCSP(=S)(Oc1ccccc1C)Sc1ccccc1C)S[P+](=S)Sc1ccccc1C. The molecule has 0 spiro atoms. The van der Waals surface area contributed by atoms with Gasteiger partial charge in [-0.05, 0) is 97.4 Å². The highest BCUT2D eigenvalue weighted by molar-refractivity contribution is 8.99. The standard InChI is InChI=1S/C32H33NO2P2S7/c1-23-13-5-9-17-27(23)34-32(43-36(39)42-29-19-11-7-15-25(29)3)33-31(38)21-22-41-37(40,35-28-18-10-6-14-24(28)2)44-30-20-12-8-16-26(30)4/h5-20,32H,21-22H2,1-4H3/p+1. The summed E-state index contributed by atoms with van der Waals surface area (Å²) in [6, 6.07) is 32.7. The molecule has 4 rings (SSSR count). The summed E-state index contributed by atoms with van der Waals surface area (Å²) in [5, 5.41) is 2.54. The molecule has 4 aromatic carbocycles. The predicted molar refractivity (Wildman–Crippen MR) is 210 cm³/mol. The molecule has 3 unspecified atom stereocenters. The van der Waals surface area contributed by atoms with E-state index >= 15 is 0 Å². The van der Waals surface area contributed by atoms with Crippen molar-refractivity contribution in [2.75, 3.05) is 5.75 Å². The molecule has 1 N–H and O–H groups in total. The fourth-order valence-corrected chi connectivity index (χ4v) is 18.9. The Balaban J connectivity index is 1.43. The van der Waals surface area contributed by atoms with Gasteiger partial charge in [0, 0.05) is 17.1 Å². The minimum Gasteiger partial charge on any atom is -0.457 e. The number of nitrogens with one attached hydrogen (secondary N) is 1. The Morgan fingerprint density at radius 1 is 0.773 bits per heavy atom. The van der Waals surface area contributed by atoms with Gasteiger partial charge in [-0.2, -0.15) is 0 Å². The maximum Gasteiger partial charge on any atom is 0.328 e. The second-order valence-electron chi connectivity index (χ2n) is 9.71. The van der Waals surface area contributed by atoms with Gasteiger partial charge in [0.1, 0.15) is 22.9 Å². The normalized spacial score (nSPS) is 13.4. The Bertz CT molecular complexity index is 1600. The summed E-state index contributed by atoms with van der Waals surface area (Å²) in [6.07, 6.45) is 0.637. The van der Waals surface area contributed by atoms with E-state index in [1.165, 1.54) is 16.0 Å². The van der Waals surface area contributed by atoms with Gasteiger partial charge in [-0.25, -0.2) is 0 Å². The van der Waals surface area contributed by atoms with Crippen molar-refractivity contribution in [2.24, 2.45) is 0 Å².